The van der Waals surface area contributed by atoms with Crippen molar-refractivity contribution < 1.29 is 9.18 Å². The number of rotatable bonds is 2. The number of pyridine rings is 1. The van der Waals surface area contributed by atoms with E-state index in [2.05, 4.69) is 10.3 Å². The summed E-state index contributed by atoms with van der Waals surface area (Å²) >= 11 is 0. The van der Waals surface area contributed by atoms with Crippen molar-refractivity contribution in [2.45, 2.75) is 30.8 Å². The molecule has 0 unspecified atom stereocenters. The van der Waals surface area contributed by atoms with Crippen LogP contribution in [-0.2, 0) is 4.79 Å². The molecule has 1 spiro atoms. The van der Waals surface area contributed by atoms with Gasteiger partial charge in [-0.25, -0.2) is 4.39 Å². The number of nitrogens with one attached hydrogen (secondary N) is 1. The molecular weight excluding hydrogens is 305 g/mol. The van der Waals surface area contributed by atoms with Gasteiger partial charge in [0.25, 0.3) is 0 Å². The minimum Gasteiger partial charge on any atom is -0.344 e. The lowest BCUT2D eigenvalue weighted by molar-refractivity contribution is -0.131. The van der Waals surface area contributed by atoms with E-state index in [4.69, 9.17) is 0 Å². The number of carbonyl (C=O) groups excluding carboxylic acids is 1. The molecule has 0 aliphatic carbocycles. The van der Waals surface area contributed by atoms with Gasteiger partial charge >= 0.3 is 0 Å². The van der Waals surface area contributed by atoms with Gasteiger partial charge in [0, 0.05) is 19.8 Å². The van der Waals surface area contributed by atoms with E-state index in [9.17, 15) is 9.18 Å². The number of likely N-dealkylation sites (N-methyl/N-ethyl adjacent to an activating group) is 1. The predicted molar refractivity (Wildman–Crippen MR) is 89.7 cm³/mol. The Hall–Kier alpha value is -2.27. The molecule has 2 aliphatic rings. The molecule has 2 aromatic rings. The molecule has 5 heteroatoms. The second kappa shape index (κ2) is 5.67. The molecule has 1 aromatic carbocycles. The normalized spacial score (nSPS) is 26.5. The van der Waals surface area contributed by atoms with Crippen LogP contribution in [0, 0.1) is 5.82 Å². The molecule has 2 atom stereocenters. The number of hydrogen-bond donors (Lipinski definition) is 1. The van der Waals surface area contributed by atoms with Gasteiger partial charge in [-0.05, 0) is 54.7 Å². The highest BCUT2D eigenvalue weighted by molar-refractivity contribution is 5.88. The summed E-state index contributed by atoms with van der Waals surface area (Å²) in [6.07, 6.45) is 4.39. The predicted octanol–water partition coefficient (Wildman–Crippen LogP) is 2.91. The maximum absolute atomic E-state index is 13.1. The zero-order valence-corrected chi connectivity index (χ0v) is 13.6. The largest absolute Gasteiger partial charge is 0.344 e. The molecule has 0 saturated carbocycles. The second-order valence-corrected chi connectivity index (χ2v) is 6.77. The third-order valence-electron chi connectivity index (χ3n) is 5.26. The standard InChI is InChI=1S/C19H20FN3O/c1-23-11-9-19(18(23)24)8-6-16(22-19)17-12-14(7-10-21-17)13-2-4-15(20)5-3-13/h2-5,7,10,12,16,22H,6,8-9,11H2,1H3/t16-,19+/m1/s1. The van der Waals surface area contributed by atoms with Crippen molar-refractivity contribution in [2.75, 3.05) is 13.6 Å². The van der Waals surface area contributed by atoms with Gasteiger partial charge < -0.3 is 4.90 Å². The highest BCUT2D eigenvalue weighted by atomic mass is 19.1. The summed E-state index contributed by atoms with van der Waals surface area (Å²) in [7, 11) is 1.86. The summed E-state index contributed by atoms with van der Waals surface area (Å²) in [4.78, 5) is 18.7. The van der Waals surface area contributed by atoms with E-state index in [1.54, 1.807) is 23.2 Å². The summed E-state index contributed by atoms with van der Waals surface area (Å²) in [6, 6.07) is 10.5. The average molecular weight is 325 g/mol. The first kappa shape index (κ1) is 15.3. The van der Waals surface area contributed by atoms with Gasteiger partial charge in [-0.1, -0.05) is 12.1 Å². The van der Waals surface area contributed by atoms with Gasteiger partial charge in [0.15, 0.2) is 0 Å². The zero-order valence-electron chi connectivity index (χ0n) is 13.6. The van der Waals surface area contributed by atoms with E-state index < -0.39 is 5.54 Å². The van der Waals surface area contributed by atoms with Crippen molar-refractivity contribution in [1.29, 1.82) is 0 Å². The summed E-state index contributed by atoms with van der Waals surface area (Å²) < 4.78 is 13.1. The van der Waals surface area contributed by atoms with Crippen LogP contribution in [0.5, 0.6) is 0 Å². The van der Waals surface area contributed by atoms with Crippen LogP contribution < -0.4 is 5.32 Å². The highest BCUT2D eigenvalue weighted by Gasteiger charge is 2.50. The van der Waals surface area contributed by atoms with E-state index in [1.165, 1.54) is 12.1 Å². The van der Waals surface area contributed by atoms with Crippen LogP contribution in [-0.4, -0.2) is 34.9 Å². The number of carbonyl (C=O) groups is 1. The Morgan fingerprint density at radius 3 is 2.71 bits per heavy atom. The number of halogens is 1. The summed E-state index contributed by atoms with van der Waals surface area (Å²) in [6.45, 7) is 0.807. The molecule has 24 heavy (non-hydrogen) atoms. The molecule has 1 N–H and O–H groups in total. The maximum Gasteiger partial charge on any atom is 0.242 e. The van der Waals surface area contributed by atoms with Crippen LogP contribution in [0.2, 0.25) is 0 Å². The fourth-order valence-electron chi connectivity index (χ4n) is 3.85. The van der Waals surface area contributed by atoms with Gasteiger partial charge in [-0.15, -0.1) is 0 Å². The molecule has 0 bridgehead atoms. The molecule has 2 fully saturated rings. The Labute approximate surface area is 140 Å². The van der Waals surface area contributed by atoms with E-state index in [0.717, 1.165) is 42.6 Å². The first-order valence-electron chi connectivity index (χ1n) is 8.33. The van der Waals surface area contributed by atoms with Crippen molar-refractivity contribution in [1.82, 2.24) is 15.2 Å². The number of likely N-dealkylation sites (tertiary alicyclic amines) is 1. The minimum atomic E-state index is -0.410. The fourth-order valence-corrected chi connectivity index (χ4v) is 3.85. The number of aromatic nitrogens is 1. The molecular formula is C19H20FN3O. The average Bonchev–Trinajstić information content (AvgIpc) is 3.16. The maximum atomic E-state index is 13.1. The zero-order chi connectivity index (χ0) is 16.7. The third-order valence-corrected chi connectivity index (χ3v) is 5.26. The molecule has 3 heterocycles. The van der Waals surface area contributed by atoms with Crippen LogP contribution in [0.1, 0.15) is 31.0 Å². The number of amides is 1. The molecule has 1 aromatic heterocycles. The first-order chi connectivity index (χ1) is 11.6. The molecule has 4 nitrogen and oxygen atoms in total. The van der Waals surface area contributed by atoms with Crippen LogP contribution in [0.15, 0.2) is 42.6 Å². The number of hydrogen-bond acceptors (Lipinski definition) is 3. The first-order valence-corrected chi connectivity index (χ1v) is 8.33. The van der Waals surface area contributed by atoms with Gasteiger partial charge in [0.1, 0.15) is 11.4 Å². The Morgan fingerprint density at radius 1 is 1.21 bits per heavy atom. The van der Waals surface area contributed by atoms with Crippen molar-refractivity contribution in [3.63, 3.8) is 0 Å². The molecule has 2 saturated heterocycles. The lowest BCUT2D eigenvalue weighted by Crippen LogP contribution is -2.47. The highest BCUT2D eigenvalue weighted by Crippen LogP contribution is 2.39. The van der Waals surface area contributed by atoms with Crippen molar-refractivity contribution in [3.8, 4) is 11.1 Å². The van der Waals surface area contributed by atoms with Crippen LogP contribution >= 0.6 is 0 Å². The molecule has 0 radical (unpaired) electrons. The van der Waals surface area contributed by atoms with Crippen LogP contribution in [0.4, 0.5) is 4.39 Å². The van der Waals surface area contributed by atoms with E-state index >= 15 is 0 Å². The van der Waals surface area contributed by atoms with E-state index in [1.807, 2.05) is 19.2 Å². The lowest BCUT2D eigenvalue weighted by Gasteiger charge is -2.23. The Morgan fingerprint density at radius 2 is 2.00 bits per heavy atom. The molecule has 124 valence electrons. The second-order valence-electron chi connectivity index (χ2n) is 6.77. The molecule has 1 amide bonds. The number of nitrogens with zero attached hydrogens (tertiary/aromatic N) is 2. The van der Waals surface area contributed by atoms with Crippen LogP contribution in [0.3, 0.4) is 0 Å². The lowest BCUT2D eigenvalue weighted by atomic mass is 9.96. The van der Waals surface area contributed by atoms with E-state index in [0.29, 0.717) is 0 Å². The van der Waals surface area contributed by atoms with Gasteiger partial charge in [0.2, 0.25) is 5.91 Å². The summed E-state index contributed by atoms with van der Waals surface area (Å²) in [5.41, 5.74) is 2.51. The fraction of sp³-hybridized carbons (Fsp3) is 0.368. The van der Waals surface area contributed by atoms with Gasteiger partial charge in [-0.3, -0.25) is 15.1 Å². The van der Waals surface area contributed by atoms with Crippen molar-refractivity contribution in [2.24, 2.45) is 0 Å². The molecule has 2 aliphatic heterocycles. The van der Waals surface area contributed by atoms with Crippen molar-refractivity contribution in [3.05, 3.63) is 54.1 Å². The van der Waals surface area contributed by atoms with Crippen molar-refractivity contribution >= 4 is 5.91 Å². The summed E-state index contributed by atoms with van der Waals surface area (Å²) in [5, 5.41) is 3.54. The smallest absolute Gasteiger partial charge is 0.242 e. The monoisotopic (exact) mass is 325 g/mol. The van der Waals surface area contributed by atoms with Crippen LogP contribution in [0.25, 0.3) is 11.1 Å². The third kappa shape index (κ3) is 2.49. The quantitative estimate of drug-likeness (QED) is 0.923. The topological polar surface area (TPSA) is 45.2 Å². The van der Waals surface area contributed by atoms with E-state index in [-0.39, 0.29) is 17.8 Å². The Bertz CT molecular complexity index is 776. The van der Waals surface area contributed by atoms with Gasteiger partial charge in [0.05, 0.1) is 11.7 Å². The Balaban J connectivity index is 1.59. The van der Waals surface area contributed by atoms with Gasteiger partial charge in [-0.2, -0.15) is 0 Å². The Kier molecular flexibility index (Phi) is 3.61. The minimum absolute atomic E-state index is 0.0841. The SMILES string of the molecule is CN1CC[C@@]2(CC[C@H](c3cc(-c4ccc(F)cc4)ccn3)N2)C1=O. The summed E-state index contributed by atoms with van der Waals surface area (Å²) in [5.74, 6) is -0.0454. The number of benzene rings is 1. The molecule has 4 rings (SSSR count).